The molecule has 11 heavy (non-hydrogen) atoms. The van der Waals surface area contributed by atoms with E-state index in [1.54, 1.807) is 11.2 Å². The first-order chi connectivity index (χ1) is 5.43. The summed E-state index contributed by atoms with van der Waals surface area (Å²) in [7, 11) is 0. The first-order valence-corrected chi connectivity index (χ1v) is 4.26. The smallest absolute Gasteiger partial charge is 0.112 e. The molecule has 0 fully saturated rings. The molecule has 0 heterocycles. The molecule has 2 heteroatoms. The highest BCUT2D eigenvalue weighted by atomic mass is 79.9. The molecule has 0 saturated carbocycles. The van der Waals surface area contributed by atoms with Gasteiger partial charge in [-0.1, -0.05) is 46.3 Å². The number of rotatable bonds is 3. The predicted octanol–water partition coefficient (Wildman–Crippen LogP) is 3.07. The fraction of sp³-hybridized carbons (Fsp3) is 0.111. The molecule has 58 valence electrons. The number of halogens is 1. The van der Waals surface area contributed by atoms with Crippen molar-refractivity contribution in [1.82, 2.24) is 0 Å². The quantitative estimate of drug-likeness (QED) is 0.701. The highest BCUT2D eigenvalue weighted by Gasteiger charge is 1.86. The second-order valence-corrected chi connectivity index (χ2v) is 2.59. The van der Waals surface area contributed by atoms with E-state index in [1.807, 2.05) is 30.3 Å². The average Bonchev–Trinajstić information content (AvgIpc) is 2.07. The molecule has 1 aromatic carbocycles. The van der Waals surface area contributed by atoms with Crippen molar-refractivity contribution in [2.45, 2.75) is 6.61 Å². The summed E-state index contributed by atoms with van der Waals surface area (Å²) in [4.78, 5) is 1.69. The van der Waals surface area contributed by atoms with Crippen LogP contribution in [-0.4, -0.2) is 0 Å². The second kappa shape index (κ2) is 4.97. The fourth-order valence-electron chi connectivity index (χ4n) is 0.755. The zero-order valence-corrected chi connectivity index (χ0v) is 7.62. The van der Waals surface area contributed by atoms with Gasteiger partial charge in [-0.25, -0.2) is 0 Å². The first kappa shape index (κ1) is 8.34. The van der Waals surface area contributed by atoms with Crippen LogP contribution < -0.4 is 0 Å². The molecule has 0 aliphatic rings. The van der Waals surface area contributed by atoms with Gasteiger partial charge in [0.1, 0.15) is 6.61 Å². The minimum Gasteiger partial charge on any atom is -0.496 e. The Bertz CT molecular complexity index is 218. The van der Waals surface area contributed by atoms with E-state index in [2.05, 4.69) is 15.9 Å². The highest BCUT2D eigenvalue weighted by Crippen LogP contribution is 2.00. The van der Waals surface area contributed by atoms with E-state index in [9.17, 15) is 0 Å². The summed E-state index contributed by atoms with van der Waals surface area (Å²) in [6, 6.07) is 10.0. The second-order valence-electron chi connectivity index (χ2n) is 2.06. The molecule has 0 aromatic heterocycles. The van der Waals surface area contributed by atoms with Gasteiger partial charge in [-0.05, 0) is 5.56 Å². The minimum atomic E-state index is 0.628. The number of benzene rings is 1. The van der Waals surface area contributed by atoms with Crippen LogP contribution in [0.1, 0.15) is 5.56 Å². The largest absolute Gasteiger partial charge is 0.496 e. The average molecular weight is 213 g/mol. The lowest BCUT2D eigenvalue weighted by Crippen LogP contribution is -1.83. The van der Waals surface area contributed by atoms with Crippen LogP contribution >= 0.6 is 15.9 Å². The van der Waals surface area contributed by atoms with Crippen LogP contribution in [0.2, 0.25) is 0 Å². The number of hydrogen-bond acceptors (Lipinski definition) is 1. The van der Waals surface area contributed by atoms with Gasteiger partial charge in [0.05, 0.1) is 6.26 Å². The van der Waals surface area contributed by atoms with Gasteiger partial charge >= 0.3 is 0 Å². The number of hydrogen-bond donors (Lipinski definition) is 0. The maximum absolute atomic E-state index is 5.14. The molecule has 0 saturated heterocycles. The van der Waals surface area contributed by atoms with Crippen LogP contribution in [0.15, 0.2) is 41.6 Å². The Morgan fingerprint density at radius 2 is 2.00 bits per heavy atom. The SMILES string of the molecule is BrC=COCc1ccccc1. The summed E-state index contributed by atoms with van der Waals surface area (Å²) >= 11 is 3.12. The summed E-state index contributed by atoms with van der Waals surface area (Å²) in [5.74, 6) is 0. The molecule has 0 radical (unpaired) electrons. The van der Waals surface area contributed by atoms with Gasteiger partial charge in [-0.2, -0.15) is 0 Å². The molecule has 0 bridgehead atoms. The molecular weight excluding hydrogens is 204 g/mol. The lowest BCUT2D eigenvalue weighted by atomic mass is 10.2. The molecule has 0 N–H and O–H groups in total. The Morgan fingerprint density at radius 1 is 1.27 bits per heavy atom. The van der Waals surface area contributed by atoms with Gasteiger partial charge in [0, 0.05) is 4.99 Å². The maximum atomic E-state index is 5.14. The third-order valence-corrected chi connectivity index (χ3v) is 1.46. The summed E-state index contributed by atoms with van der Waals surface area (Å²) in [6.07, 6.45) is 1.62. The Balaban J connectivity index is 2.39. The molecule has 0 aliphatic heterocycles. The Morgan fingerprint density at radius 3 is 2.64 bits per heavy atom. The van der Waals surface area contributed by atoms with Crippen molar-refractivity contribution < 1.29 is 4.74 Å². The van der Waals surface area contributed by atoms with Gasteiger partial charge < -0.3 is 4.74 Å². The van der Waals surface area contributed by atoms with Gasteiger partial charge in [0.15, 0.2) is 0 Å². The van der Waals surface area contributed by atoms with Crippen molar-refractivity contribution in [2.75, 3.05) is 0 Å². The lowest BCUT2D eigenvalue weighted by Gasteiger charge is -1.98. The van der Waals surface area contributed by atoms with Crippen LogP contribution in [0.4, 0.5) is 0 Å². The maximum Gasteiger partial charge on any atom is 0.112 e. The molecule has 0 spiro atoms. The van der Waals surface area contributed by atoms with Crippen LogP contribution in [0, 0.1) is 0 Å². The van der Waals surface area contributed by atoms with Crippen molar-refractivity contribution >= 4 is 15.9 Å². The summed E-state index contributed by atoms with van der Waals surface area (Å²) in [6.45, 7) is 0.628. The van der Waals surface area contributed by atoms with Crippen LogP contribution in [0.25, 0.3) is 0 Å². The van der Waals surface area contributed by atoms with E-state index >= 15 is 0 Å². The molecule has 0 unspecified atom stereocenters. The molecular formula is C9H9BrO. The zero-order valence-electron chi connectivity index (χ0n) is 6.03. The normalized spacial score (nSPS) is 10.3. The predicted molar refractivity (Wildman–Crippen MR) is 49.3 cm³/mol. The number of ether oxygens (including phenoxy) is 1. The molecule has 0 atom stereocenters. The van der Waals surface area contributed by atoms with Crippen LogP contribution in [0.5, 0.6) is 0 Å². The van der Waals surface area contributed by atoms with Gasteiger partial charge in [-0.15, -0.1) is 0 Å². The summed E-state index contributed by atoms with van der Waals surface area (Å²) < 4.78 is 5.14. The van der Waals surface area contributed by atoms with E-state index in [0.717, 1.165) is 0 Å². The van der Waals surface area contributed by atoms with Crippen molar-refractivity contribution in [1.29, 1.82) is 0 Å². The van der Waals surface area contributed by atoms with Gasteiger partial charge in [0.2, 0.25) is 0 Å². The zero-order chi connectivity index (χ0) is 7.94. The van der Waals surface area contributed by atoms with E-state index in [-0.39, 0.29) is 0 Å². The minimum absolute atomic E-state index is 0.628. The van der Waals surface area contributed by atoms with E-state index in [1.165, 1.54) is 5.56 Å². The Labute approximate surface area is 74.8 Å². The van der Waals surface area contributed by atoms with E-state index in [0.29, 0.717) is 6.61 Å². The van der Waals surface area contributed by atoms with Crippen molar-refractivity contribution in [2.24, 2.45) is 0 Å². The van der Waals surface area contributed by atoms with Crippen molar-refractivity contribution in [3.63, 3.8) is 0 Å². The molecule has 0 aliphatic carbocycles. The van der Waals surface area contributed by atoms with E-state index in [4.69, 9.17) is 4.74 Å². The first-order valence-electron chi connectivity index (χ1n) is 3.34. The third kappa shape index (κ3) is 3.23. The molecule has 0 amide bonds. The Hall–Kier alpha value is -0.760. The third-order valence-electron chi connectivity index (χ3n) is 1.24. The standard InChI is InChI=1S/C9H9BrO/c10-6-7-11-8-9-4-2-1-3-5-9/h1-7H,8H2. The van der Waals surface area contributed by atoms with Gasteiger partial charge in [0.25, 0.3) is 0 Å². The molecule has 1 aromatic rings. The lowest BCUT2D eigenvalue weighted by molar-refractivity contribution is 0.237. The topological polar surface area (TPSA) is 9.23 Å². The van der Waals surface area contributed by atoms with Crippen LogP contribution in [0.3, 0.4) is 0 Å². The molecule has 1 nitrogen and oxygen atoms in total. The van der Waals surface area contributed by atoms with Crippen molar-refractivity contribution in [3.8, 4) is 0 Å². The highest BCUT2D eigenvalue weighted by molar-refractivity contribution is 9.11. The van der Waals surface area contributed by atoms with Crippen LogP contribution in [-0.2, 0) is 11.3 Å². The summed E-state index contributed by atoms with van der Waals surface area (Å²) in [5.41, 5.74) is 1.18. The monoisotopic (exact) mass is 212 g/mol. The van der Waals surface area contributed by atoms with Crippen molar-refractivity contribution in [3.05, 3.63) is 47.1 Å². The Kier molecular flexibility index (Phi) is 3.76. The van der Waals surface area contributed by atoms with Gasteiger partial charge in [-0.3, -0.25) is 0 Å². The molecule has 1 rings (SSSR count). The van der Waals surface area contributed by atoms with E-state index < -0.39 is 0 Å². The summed E-state index contributed by atoms with van der Waals surface area (Å²) in [5, 5.41) is 0. The fourth-order valence-corrected chi connectivity index (χ4v) is 0.908.